The molecule has 1 saturated carbocycles. The van der Waals surface area contributed by atoms with Crippen molar-refractivity contribution < 1.29 is 18.7 Å². The first kappa shape index (κ1) is 15.6. The van der Waals surface area contributed by atoms with Crippen molar-refractivity contribution in [2.75, 3.05) is 6.54 Å². The maximum absolute atomic E-state index is 13.8. The van der Waals surface area contributed by atoms with Gasteiger partial charge in [0.05, 0.1) is 18.2 Å². The normalized spacial score (nSPS) is 15.3. The number of rotatable bonds is 5. The fourth-order valence-electron chi connectivity index (χ4n) is 2.55. The number of halogens is 2. The van der Waals surface area contributed by atoms with Crippen LogP contribution in [0.1, 0.15) is 34.9 Å². The summed E-state index contributed by atoms with van der Waals surface area (Å²) in [5.41, 5.74) is 0.532. The predicted octanol–water partition coefficient (Wildman–Crippen LogP) is 3.30. The zero-order valence-corrected chi connectivity index (χ0v) is 12.5. The third kappa shape index (κ3) is 3.56. The molecule has 1 N–H and O–H groups in total. The van der Waals surface area contributed by atoms with Crippen molar-refractivity contribution in [1.82, 2.24) is 4.90 Å². The molecule has 23 heavy (non-hydrogen) atoms. The molecule has 0 heterocycles. The highest BCUT2D eigenvalue weighted by Crippen LogP contribution is 2.30. The summed E-state index contributed by atoms with van der Waals surface area (Å²) in [5.74, 6) is -1.38. The minimum atomic E-state index is -0.938. The minimum absolute atomic E-state index is 0.00528. The number of hydrogen-bond acceptors (Lipinski definition) is 2. The van der Waals surface area contributed by atoms with Crippen LogP contribution in [0.25, 0.3) is 0 Å². The van der Waals surface area contributed by atoms with Gasteiger partial charge in [0.2, 0.25) is 0 Å². The van der Waals surface area contributed by atoms with E-state index in [1.54, 1.807) is 6.07 Å². The second-order valence-corrected chi connectivity index (χ2v) is 5.74. The van der Waals surface area contributed by atoms with E-state index < -0.39 is 17.8 Å². The second kappa shape index (κ2) is 6.46. The van der Waals surface area contributed by atoms with E-state index in [4.69, 9.17) is 0 Å². The van der Waals surface area contributed by atoms with Crippen LogP contribution in [0.2, 0.25) is 0 Å². The Hall–Kier alpha value is -2.27. The number of nitrogens with zero attached hydrogens (tertiary/aromatic N) is 1. The summed E-state index contributed by atoms with van der Waals surface area (Å²) in [6.45, 7) is 0.0590. The van der Waals surface area contributed by atoms with Gasteiger partial charge in [0, 0.05) is 6.04 Å². The van der Waals surface area contributed by atoms with Crippen LogP contribution >= 0.6 is 0 Å². The smallest absolute Gasteiger partial charge is 0.257 e. The van der Waals surface area contributed by atoms with Gasteiger partial charge in [-0.25, -0.2) is 8.78 Å². The Labute approximate surface area is 133 Å². The lowest BCUT2D eigenvalue weighted by Crippen LogP contribution is -2.37. The summed E-state index contributed by atoms with van der Waals surface area (Å²) in [6, 6.07) is 11.3. The van der Waals surface area contributed by atoms with Crippen molar-refractivity contribution in [1.29, 1.82) is 0 Å². The quantitative estimate of drug-likeness (QED) is 0.919. The first-order chi connectivity index (χ1) is 11.1. The van der Waals surface area contributed by atoms with Crippen molar-refractivity contribution in [2.45, 2.75) is 25.0 Å². The Balaban J connectivity index is 1.78. The molecule has 1 aliphatic rings. The summed E-state index contributed by atoms with van der Waals surface area (Å²) >= 11 is 0. The summed E-state index contributed by atoms with van der Waals surface area (Å²) in [4.78, 5) is 14.1. The number of carbonyl (C=O) groups excluding carboxylic acids is 1. The van der Waals surface area contributed by atoms with E-state index in [0.717, 1.165) is 12.8 Å². The Morgan fingerprint density at radius 3 is 2.39 bits per heavy atom. The first-order valence-electron chi connectivity index (χ1n) is 7.55. The van der Waals surface area contributed by atoms with E-state index >= 15 is 0 Å². The molecule has 1 aliphatic carbocycles. The summed E-state index contributed by atoms with van der Waals surface area (Å²) in [7, 11) is 0. The lowest BCUT2D eigenvalue weighted by atomic mass is 10.1. The molecule has 1 atom stereocenters. The Morgan fingerprint density at radius 1 is 1.13 bits per heavy atom. The number of hydrogen-bond donors (Lipinski definition) is 1. The number of benzene rings is 2. The molecule has 5 heteroatoms. The van der Waals surface area contributed by atoms with Crippen LogP contribution in [0.15, 0.2) is 48.5 Å². The number of carbonyl (C=O) groups is 1. The maximum atomic E-state index is 13.8. The van der Waals surface area contributed by atoms with Gasteiger partial charge in [0.15, 0.2) is 0 Å². The molecule has 1 fully saturated rings. The van der Waals surface area contributed by atoms with Crippen molar-refractivity contribution in [3.05, 3.63) is 71.3 Å². The average Bonchev–Trinajstić information content (AvgIpc) is 3.37. The highest BCUT2D eigenvalue weighted by Gasteiger charge is 2.35. The van der Waals surface area contributed by atoms with Crippen LogP contribution in [-0.2, 0) is 0 Å². The molecular weight excluding hydrogens is 300 g/mol. The molecule has 2 aromatic carbocycles. The molecule has 1 amide bonds. The summed E-state index contributed by atoms with van der Waals surface area (Å²) in [6.07, 6.45) is 0.749. The second-order valence-electron chi connectivity index (χ2n) is 5.74. The molecule has 0 spiro atoms. The van der Waals surface area contributed by atoms with Gasteiger partial charge in [-0.3, -0.25) is 4.79 Å². The fourth-order valence-corrected chi connectivity index (χ4v) is 2.55. The van der Waals surface area contributed by atoms with Crippen LogP contribution in [0, 0.1) is 11.6 Å². The maximum Gasteiger partial charge on any atom is 0.257 e. The van der Waals surface area contributed by atoms with Crippen molar-refractivity contribution in [3.8, 4) is 0 Å². The van der Waals surface area contributed by atoms with E-state index in [9.17, 15) is 18.7 Å². The molecule has 0 saturated heterocycles. The molecule has 2 aromatic rings. The SMILES string of the molecule is O=C(c1ccccc1F)N(CC(O)c1ccc(F)cc1)C1CC1. The first-order valence-corrected chi connectivity index (χ1v) is 7.55. The fraction of sp³-hybridized carbons (Fsp3) is 0.278. The van der Waals surface area contributed by atoms with Gasteiger partial charge in [0.25, 0.3) is 5.91 Å². The summed E-state index contributed by atoms with van der Waals surface area (Å²) in [5, 5.41) is 10.3. The molecule has 0 bridgehead atoms. The topological polar surface area (TPSA) is 40.5 Å². The molecule has 0 aromatic heterocycles. The predicted molar refractivity (Wildman–Crippen MR) is 81.8 cm³/mol. The monoisotopic (exact) mass is 317 g/mol. The largest absolute Gasteiger partial charge is 0.387 e. The molecular formula is C18H17F2NO2. The van der Waals surface area contributed by atoms with E-state index in [2.05, 4.69) is 0 Å². The van der Waals surface area contributed by atoms with Crippen molar-refractivity contribution in [2.24, 2.45) is 0 Å². The van der Waals surface area contributed by atoms with Crippen molar-refractivity contribution >= 4 is 5.91 Å². The molecule has 3 rings (SSSR count). The van der Waals surface area contributed by atoms with Gasteiger partial charge in [-0.1, -0.05) is 24.3 Å². The lowest BCUT2D eigenvalue weighted by molar-refractivity contribution is 0.0598. The zero-order chi connectivity index (χ0) is 16.4. The van der Waals surface area contributed by atoms with Gasteiger partial charge >= 0.3 is 0 Å². The Morgan fingerprint density at radius 2 is 1.78 bits per heavy atom. The lowest BCUT2D eigenvalue weighted by Gasteiger charge is -2.25. The van der Waals surface area contributed by atoms with Gasteiger partial charge in [-0.2, -0.15) is 0 Å². The molecule has 0 aliphatic heterocycles. The van der Waals surface area contributed by atoms with E-state index in [1.165, 1.54) is 47.4 Å². The van der Waals surface area contributed by atoms with Crippen LogP contribution < -0.4 is 0 Å². The van der Waals surface area contributed by atoms with E-state index in [1.807, 2.05) is 0 Å². The van der Waals surface area contributed by atoms with Crippen LogP contribution in [0.5, 0.6) is 0 Å². The van der Waals surface area contributed by atoms with E-state index in [-0.39, 0.29) is 24.0 Å². The molecule has 1 unspecified atom stereocenters. The van der Waals surface area contributed by atoms with Gasteiger partial charge in [0.1, 0.15) is 11.6 Å². The van der Waals surface area contributed by atoms with Gasteiger partial charge < -0.3 is 10.0 Å². The number of amides is 1. The number of aliphatic hydroxyl groups excluding tert-OH is 1. The summed E-state index contributed by atoms with van der Waals surface area (Å²) < 4.78 is 26.8. The molecule has 3 nitrogen and oxygen atoms in total. The zero-order valence-electron chi connectivity index (χ0n) is 12.5. The third-order valence-electron chi connectivity index (χ3n) is 3.98. The minimum Gasteiger partial charge on any atom is -0.387 e. The van der Waals surface area contributed by atoms with Crippen LogP contribution in [-0.4, -0.2) is 28.5 Å². The Bertz CT molecular complexity index is 698. The average molecular weight is 317 g/mol. The van der Waals surface area contributed by atoms with Gasteiger partial charge in [-0.05, 0) is 42.7 Å². The van der Waals surface area contributed by atoms with Crippen LogP contribution in [0.4, 0.5) is 8.78 Å². The van der Waals surface area contributed by atoms with Gasteiger partial charge in [-0.15, -0.1) is 0 Å². The van der Waals surface area contributed by atoms with Crippen LogP contribution in [0.3, 0.4) is 0 Å². The molecule has 0 radical (unpaired) electrons. The third-order valence-corrected chi connectivity index (χ3v) is 3.98. The number of aliphatic hydroxyl groups is 1. The standard InChI is InChI=1S/C18H17F2NO2/c19-13-7-5-12(6-8-13)17(22)11-21(14-9-10-14)18(23)15-3-1-2-4-16(15)20/h1-8,14,17,22H,9-11H2. The Kier molecular flexibility index (Phi) is 4.39. The highest BCUT2D eigenvalue weighted by molar-refractivity contribution is 5.94. The van der Waals surface area contributed by atoms with Crippen molar-refractivity contribution in [3.63, 3.8) is 0 Å². The molecule has 120 valence electrons. The highest BCUT2D eigenvalue weighted by atomic mass is 19.1. The van der Waals surface area contributed by atoms with E-state index in [0.29, 0.717) is 5.56 Å².